The zero-order valence-corrected chi connectivity index (χ0v) is 11.1. The van der Waals surface area contributed by atoms with E-state index >= 15 is 0 Å². The molecule has 0 radical (unpaired) electrons. The number of nitrogens with one attached hydrogen (secondary N) is 1. The fourth-order valence-corrected chi connectivity index (χ4v) is 2.56. The Balaban J connectivity index is 2.40. The molecule has 0 aliphatic heterocycles. The van der Waals surface area contributed by atoms with Crippen LogP contribution < -0.4 is 14.3 Å². The molecule has 9 heteroatoms. The Bertz CT molecular complexity index is 654. The smallest absolute Gasteiger partial charge is 0.279 e. The van der Waals surface area contributed by atoms with Gasteiger partial charge in [-0.2, -0.15) is 8.42 Å². The largest absolute Gasteiger partial charge is 0.497 e. The van der Waals surface area contributed by atoms with Crippen molar-refractivity contribution in [2.24, 2.45) is 0 Å². The molecule has 1 aromatic heterocycles. The third kappa shape index (κ3) is 2.76. The van der Waals surface area contributed by atoms with Gasteiger partial charge in [-0.05, 0) is 12.1 Å². The van der Waals surface area contributed by atoms with Crippen LogP contribution in [0.15, 0.2) is 35.7 Å². The molecule has 0 fully saturated rings. The second-order valence-corrected chi connectivity index (χ2v) is 5.11. The summed E-state index contributed by atoms with van der Waals surface area (Å²) in [5.74, 6) is 0.681. The first kappa shape index (κ1) is 13.1. The number of sulfonamides is 1. The maximum atomic E-state index is 12.2. The minimum absolute atomic E-state index is 0.00972. The van der Waals surface area contributed by atoms with Gasteiger partial charge in [-0.25, -0.2) is 9.51 Å². The van der Waals surface area contributed by atoms with Crippen molar-refractivity contribution in [2.45, 2.75) is 4.90 Å². The summed E-state index contributed by atoms with van der Waals surface area (Å²) in [5.41, 5.74) is 0. The summed E-state index contributed by atoms with van der Waals surface area (Å²) < 4.78 is 35.5. The molecule has 0 saturated heterocycles. The van der Waals surface area contributed by atoms with Crippen LogP contribution in [0.3, 0.4) is 0 Å². The number of benzene rings is 1. The first-order chi connectivity index (χ1) is 9.06. The number of methoxy groups -OCH3 is 2. The molecule has 0 spiro atoms. The lowest BCUT2D eigenvalue weighted by atomic mass is 10.3. The molecule has 0 aliphatic rings. The minimum Gasteiger partial charge on any atom is -0.497 e. The zero-order chi connectivity index (χ0) is 13.9. The fraction of sp³-hybridized carbons (Fsp3) is 0.200. The zero-order valence-electron chi connectivity index (χ0n) is 10.3. The molecule has 1 heterocycles. The third-order valence-corrected chi connectivity index (χ3v) is 3.67. The highest BCUT2D eigenvalue weighted by atomic mass is 32.2. The summed E-state index contributed by atoms with van der Waals surface area (Å²) in [6.45, 7) is 0. The van der Waals surface area contributed by atoms with Gasteiger partial charge in [0, 0.05) is 6.07 Å². The monoisotopic (exact) mass is 284 g/mol. The van der Waals surface area contributed by atoms with Gasteiger partial charge in [-0.3, -0.25) is 0 Å². The predicted octanol–water partition coefficient (Wildman–Crippen LogP) is 0.228. The third-order valence-electron chi connectivity index (χ3n) is 2.30. The van der Waals surface area contributed by atoms with Gasteiger partial charge in [0.2, 0.25) is 0 Å². The van der Waals surface area contributed by atoms with E-state index in [1.165, 1.54) is 45.1 Å². The van der Waals surface area contributed by atoms with Crippen LogP contribution in [0.1, 0.15) is 0 Å². The number of aromatic nitrogens is 3. The number of rotatable bonds is 5. The summed E-state index contributed by atoms with van der Waals surface area (Å²) in [7, 11) is -0.933. The molecular weight excluding hydrogens is 272 g/mol. The van der Waals surface area contributed by atoms with E-state index < -0.39 is 10.0 Å². The van der Waals surface area contributed by atoms with Crippen molar-refractivity contribution in [1.82, 2.24) is 14.9 Å². The van der Waals surface area contributed by atoms with Crippen LogP contribution in [-0.2, 0) is 10.0 Å². The van der Waals surface area contributed by atoms with Gasteiger partial charge in [-0.15, -0.1) is 10.2 Å². The Kier molecular flexibility index (Phi) is 3.56. The van der Waals surface area contributed by atoms with Crippen LogP contribution in [0.25, 0.3) is 0 Å². The lowest BCUT2D eigenvalue weighted by Crippen LogP contribution is -2.22. The van der Waals surface area contributed by atoms with E-state index in [2.05, 4.69) is 15.0 Å². The minimum atomic E-state index is -3.80. The van der Waals surface area contributed by atoms with Crippen molar-refractivity contribution in [3.05, 3.63) is 30.9 Å². The molecule has 0 bridgehead atoms. The standard InChI is InChI=1S/C10H12N4O4S/c1-17-8-3-4-10(9(5-8)18-2)19(15,16)13-14-6-11-12-7-14/h3-7,13H,1-2H3. The van der Waals surface area contributed by atoms with Crippen LogP contribution in [-0.4, -0.2) is 37.5 Å². The van der Waals surface area contributed by atoms with Crippen molar-refractivity contribution >= 4 is 10.0 Å². The fourth-order valence-electron chi connectivity index (χ4n) is 1.43. The van der Waals surface area contributed by atoms with Gasteiger partial charge < -0.3 is 9.47 Å². The molecule has 0 atom stereocenters. The number of ether oxygens (including phenoxy) is 2. The molecule has 0 amide bonds. The first-order valence-corrected chi connectivity index (χ1v) is 6.64. The van der Waals surface area contributed by atoms with E-state index in [0.29, 0.717) is 5.75 Å². The molecule has 1 aromatic carbocycles. The van der Waals surface area contributed by atoms with Crippen LogP contribution >= 0.6 is 0 Å². The van der Waals surface area contributed by atoms with Gasteiger partial charge in [0.05, 0.1) is 14.2 Å². The molecule has 0 saturated carbocycles. The van der Waals surface area contributed by atoms with Gasteiger partial charge >= 0.3 is 0 Å². The van der Waals surface area contributed by atoms with Crippen molar-refractivity contribution in [3.63, 3.8) is 0 Å². The van der Waals surface area contributed by atoms with Crippen LogP contribution in [0.2, 0.25) is 0 Å². The number of nitrogens with zero attached hydrogens (tertiary/aromatic N) is 3. The van der Waals surface area contributed by atoms with Crippen LogP contribution in [0.4, 0.5) is 0 Å². The van der Waals surface area contributed by atoms with E-state index in [1.54, 1.807) is 0 Å². The highest BCUT2D eigenvalue weighted by molar-refractivity contribution is 7.92. The van der Waals surface area contributed by atoms with E-state index in [0.717, 1.165) is 4.68 Å². The van der Waals surface area contributed by atoms with E-state index in [9.17, 15) is 8.42 Å². The molecule has 8 nitrogen and oxygen atoms in total. The summed E-state index contributed by atoms with van der Waals surface area (Å²) in [6, 6.07) is 4.41. The van der Waals surface area contributed by atoms with E-state index in [-0.39, 0.29) is 10.6 Å². The Morgan fingerprint density at radius 2 is 1.84 bits per heavy atom. The number of hydrogen-bond donors (Lipinski definition) is 1. The predicted molar refractivity (Wildman–Crippen MR) is 66.1 cm³/mol. The van der Waals surface area contributed by atoms with Gasteiger partial charge in [0.15, 0.2) is 0 Å². The highest BCUT2D eigenvalue weighted by Gasteiger charge is 2.20. The normalized spacial score (nSPS) is 11.1. The van der Waals surface area contributed by atoms with Crippen molar-refractivity contribution in [3.8, 4) is 11.5 Å². The molecule has 0 unspecified atom stereocenters. The molecule has 2 aromatic rings. The SMILES string of the molecule is COc1ccc(S(=O)(=O)Nn2cnnc2)c(OC)c1. The molecule has 1 N–H and O–H groups in total. The summed E-state index contributed by atoms with van der Waals surface area (Å²) in [5, 5.41) is 7.01. The van der Waals surface area contributed by atoms with E-state index in [4.69, 9.17) is 9.47 Å². The molecule has 102 valence electrons. The lowest BCUT2D eigenvalue weighted by Gasteiger charge is -2.12. The average molecular weight is 284 g/mol. The lowest BCUT2D eigenvalue weighted by molar-refractivity contribution is 0.386. The molecule has 19 heavy (non-hydrogen) atoms. The van der Waals surface area contributed by atoms with E-state index in [1.807, 2.05) is 0 Å². The van der Waals surface area contributed by atoms with Crippen molar-refractivity contribution < 1.29 is 17.9 Å². The maximum absolute atomic E-state index is 12.2. The van der Waals surface area contributed by atoms with Crippen LogP contribution in [0, 0.1) is 0 Å². The number of hydrogen-bond acceptors (Lipinski definition) is 6. The van der Waals surface area contributed by atoms with Crippen molar-refractivity contribution in [1.29, 1.82) is 0 Å². The quantitative estimate of drug-likeness (QED) is 0.844. The second-order valence-electron chi connectivity index (χ2n) is 3.48. The second kappa shape index (κ2) is 5.14. The summed E-state index contributed by atoms with van der Waals surface area (Å²) in [6.07, 6.45) is 2.46. The summed E-state index contributed by atoms with van der Waals surface area (Å²) in [4.78, 5) is 2.26. The Hall–Kier alpha value is -2.29. The van der Waals surface area contributed by atoms with Crippen molar-refractivity contribution in [2.75, 3.05) is 19.1 Å². The Morgan fingerprint density at radius 1 is 1.16 bits per heavy atom. The van der Waals surface area contributed by atoms with Gasteiger partial charge in [0.1, 0.15) is 29.0 Å². The Morgan fingerprint density at radius 3 is 2.42 bits per heavy atom. The van der Waals surface area contributed by atoms with Gasteiger partial charge in [-0.1, -0.05) is 0 Å². The molecule has 2 rings (SSSR count). The average Bonchev–Trinajstić information content (AvgIpc) is 2.89. The topological polar surface area (TPSA) is 95.3 Å². The maximum Gasteiger partial charge on any atom is 0.279 e. The Labute approximate surface area is 110 Å². The molecular formula is C10H12N4O4S. The molecule has 0 aliphatic carbocycles. The first-order valence-electron chi connectivity index (χ1n) is 5.16. The van der Waals surface area contributed by atoms with Gasteiger partial charge in [0.25, 0.3) is 10.0 Å². The highest BCUT2D eigenvalue weighted by Crippen LogP contribution is 2.28. The van der Waals surface area contributed by atoms with Crippen LogP contribution in [0.5, 0.6) is 11.5 Å². The summed E-state index contributed by atoms with van der Waals surface area (Å²) >= 11 is 0.